The number of hydrogen-bond donors (Lipinski definition) is 2. The Morgan fingerprint density at radius 3 is 2.54 bits per heavy atom. The van der Waals surface area contributed by atoms with Crippen LogP contribution in [0.1, 0.15) is 77.9 Å². The second kappa shape index (κ2) is 10.5. The van der Waals surface area contributed by atoms with Gasteiger partial charge in [-0.15, -0.1) is 0 Å². The third-order valence-electron chi connectivity index (χ3n) is 4.38. The van der Waals surface area contributed by atoms with Crippen molar-refractivity contribution in [2.45, 2.75) is 84.3 Å². The summed E-state index contributed by atoms with van der Waals surface area (Å²) < 4.78 is 11.3. The number of rotatable bonds is 7. The monoisotopic (exact) mass is 365 g/mol. The Bertz CT molecular complexity index is 542. The molecule has 0 spiro atoms. The van der Waals surface area contributed by atoms with Gasteiger partial charge in [-0.1, -0.05) is 51.6 Å². The summed E-state index contributed by atoms with van der Waals surface area (Å²) in [6.07, 6.45) is 8.11. The van der Waals surface area contributed by atoms with Crippen molar-refractivity contribution in [3.05, 3.63) is 11.7 Å². The van der Waals surface area contributed by atoms with Crippen molar-refractivity contribution in [2.24, 2.45) is 4.99 Å². The normalized spacial score (nSPS) is 17.2. The van der Waals surface area contributed by atoms with Crippen molar-refractivity contribution in [1.29, 1.82) is 0 Å². The zero-order valence-electron chi connectivity index (χ0n) is 16.8. The molecule has 0 amide bonds. The molecule has 0 aliphatic heterocycles. The molecule has 1 aromatic rings. The zero-order chi connectivity index (χ0) is 18.8. The number of nitrogens with zero attached hydrogens (tertiary/aromatic N) is 3. The van der Waals surface area contributed by atoms with Crippen molar-refractivity contribution >= 4 is 5.96 Å². The second-order valence-corrected chi connectivity index (χ2v) is 7.87. The number of guanidine groups is 1. The third kappa shape index (κ3) is 7.32. The molecule has 0 atom stereocenters. The van der Waals surface area contributed by atoms with Crippen molar-refractivity contribution in [3.8, 4) is 0 Å². The molecule has 1 aromatic heterocycles. The Morgan fingerprint density at radius 2 is 1.92 bits per heavy atom. The van der Waals surface area contributed by atoms with Crippen LogP contribution in [0.25, 0.3) is 0 Å². The van der Waals surface area contributed by atoms with Gasteiger partial charge in [0.15, 0.2) is 11.8 Å². The Morgan fingerprint density at radius 1 is 1.19 bits per heavy atom. The lowest BCUT2D eigenvalue weighted by atomic mass is 9.97. The highest BCUT2D eigenvalue weighted by molar-refractivity contribution is 5.79. The van der Waals surface area contributed by atoms with E-state index >= 15 is 0 Å². The molecule has 1 fully saturated rings. The second-order valence-electron chi connectivity index (χ2n) is 7.87. The molecule has 148 valence electrons. The number of nitrogens with one attached hydrogen (secondary N) is 2. The van der Waals surface area contributed by atoms with Crippen LogP contribution >= 0.6 is 0 Å². The summed E-state index contributed by atoms with van der Waals surface area (Å²) in [5.74, 6) is 1.98. The standard InChI is InChI=1S/C19H35N5O2/c1-5-20-18(21-12-13-25-15-10-8-6-7-9-11-15)22-14-16-23-17(26-24-16)19(2,3)4/h15H,5-14H2,1-4H3,(H2,20,21,22). The SMILES string of the molecule is CCNC(=NCc1noc(C(C)(C)C)n1)NCCOC1CCCCCC1. The fourth-order valence-electron chi connectivity index (χ4n) is 2.92. The van der Waals surface area contributed by atoms with Crippen LogP contribution in [-0.2, 0) is 16.7 Å². The molecule has 1 aliphatic rings. The largest absolute Gasteiger partial charge is 0.376 e. The van der Waals surface area contributed by atoms with Crippen LogP contribution in [0.3, 0.4) is 0 Å². The average molecular weight is 366 g/mol. The highest BCUT2D eigenvalue weighted by Crippen LogP contribution is 2.20. The van der Waals surface area contributed by atoms with Crippen molar-refractivity contribution in [1.82, 2.24) is 20.8 Å². The maximum Gasteiger partial charge on any atom is 0.232 e. The summed E-state index contributed by atoms with van der Waals surface area (Å²) in [6.45, 7) is 10.8. The Balaban J connectivity index is 1.76. The number of ether oxygens (including phenoxy) is 1. The zero-order valence-corrected chi connectivity index (χ0v) is 16.8. The molecule has 0 aromatic carbocycles. The fraction of sp³-hybridized carbons (Fsp3) is 0.842. The van der Waals surface area contributed by atoms with Gasteiger partial charge in [0, 0.05) is 18.5 Å². The lowest BCUT2D eigenvalue weighted by molar-refractivity contribution is 0.0468. The van der Waals surface area contributed by atoms with Gasteiger partial charge >= 0.3 is 0 Å². The molecule has 1 saturated carbocycles. The molecule has 7 heteroatoms. The predicted octanol–water partition coefficient (Wildman–Crippen LogP) is 3.16. The number of hydrogen-bond acceptors (Lipinski definition) is 5. The van der Waals surface area contributed by atoms with Crippen LogP contribution in [0.4, 0.5) is 0 Å². The summed E-state index contributed by atoms with van der Waals surface area (Å²) in [5.41, 5.74) is -0.146. The molecular weight excluding hydrogens is 330 g/mol. The maximum atomic E-state index is 6.01. The molecule has 26 heavy (non-hydrogen) atoms. The minimum absolute atomic E-state index is 0.146. The summed E-state index contributed by atoms with van der Waals surface area (Å²) >= 11 is 0. The van der Waals surface area contributed by atoms with Crippen LogP contribution < -0.4 is 10.6 Å². The van der Waals surface area contributed by atoms with Gasteiger partial charge in [0.25, 0.3) is 0 Å². The minimum Gasteiger partial charge on any atom is -0.376 e. The van der Waals surface area contributed by atoms with E-state index in [1.807, 2.05) is 27.7 Å². The highest BCUT2D eigenvalue weighted by atomic mass is 16.5. The van der Waals surface area contributed by atoms with Gasteiger partial charge in [-0.2, -0.15) is 4.98 Å². The lowest BCUT2D eigenvalue weighted by Crippen LogP contribution is -2.39. The van der Waals surface area contributed by atoms with Crippen LogP contribution in [-0.4, -0.2) is 41.9 Å². The van der Waals surface area contributed by atoms with Crippen LogP contribution in [0.5, 0.6) is 0 Å². The molecule has 2 rings (SSSR count). The number of aliphatic imine (C=N–C) groups is 1. The molecule has 7 nitrogen and oxygen atoms in total. The molecule has 2 N–H and O–H groups in total. The van der Waals surface area contributed by atoms with Gasteiger partial charge in [0.05, 0.1) is 12.7 Å². The van der Waals surface area contributed by atoms with Gasteiger partial charge in [0.1, 0.15) is 6.54 Å². The summed E-state index contributed by atoms with van der Waals surface area (Å²) in [6, 6.07) is 0. The molecule has 1 heterocycles. The Kier molecular flexibility index (Phi) is 8.35. The molecule has 0 unspecified atom stereocenters. The van der Waals surface area contributed by atoms with Crippen LogP contribution in [0.15, 0.2) is 9.52 Å². The average Bonchev–Trinajstić information content (AvgIpc) is 2.93. The predicted molar refractivity (Wildman–Crippen MR) is 103 cm³/mol. The van der Waals surface area contributed by atoms with E-state index in [2.05, 4.69) is 25.8 Å². The van der Waals surface area contributed by atoms with Gasteiger partial charge < -0.3 is 19.9 Å². The highest BCUT2D eigenvalue weighted by Gasteiger charge is 2.21. The van der Waals surface area contributed by atoms with Crippen LogP contribution in [0.2, 0.25) is 0 Å². The van der Waals surface area contributed by atoms with E-state index in [1.165, 1.54) is 38.5 Å². The first-order chi connectivity index (χ1) is 12.5. The first-order valence-corrected chi connectivity index (χ1v) is 9.96. The van der Waals surface area contributed by atoms with E-state index < -0.39 is 0 Å². The first kappa shape index (κ1) is 20.7. The van der Waals surface area contributed by atoms with Gasteiger partial charge in [-0.25, -0.2) is 4.99 Å². The minimum atomic E-state index is -0.146. The molecule has 0 saturated heterocycles. The van der Waals surface area contributed by atoms with Crippen LogP contribution in [0, 0.1) is 0 Å². The summed E-state index contributed by atoms with van der Waals surface area (Å²) in [5, 5.41) is 10.6. The summed E-state index contributed by atoms with van der Waals surface area (Å²) in [7, 11) is 0. The van der Waals surface area contributed by atoms with E-state index in [9.17, 15) is 0 Å². The van der Waals surface area contributed by atoms with Crippen molar-refractivity contribution < 1.29 is 9.26 Å². The topological polar surface area (TPSA) is 84.6 Å². The quantitative estimate of drug-likeness (QED) is 0.334. The van der Waals surface area contributed by atoms with E-state index in [0.29, 0.717) is 31.0 Å². The maximum absolute atomic E-state index is 6.01. The van der Waals surface area contributed by atoms with Gasteiger partial charge in [0.2, 0.25) is 5.89 Å². The van der Waals surface area contributed by atoms with E-state index in [1.54, 1.807) is 0 Å². The third-order valence-corrected chi connectivity index (χ3v) is 4.38. The van der Waals surface area contributed by atoms with Gasteiger partial charge in [-0.3, -0.25) is 0 Å². The molecule has 1 aliphatic carbocycles. The lowest BCUT2D eigenvalue weighted by Gasteiger charge is -2.16. The fourth-order valence-corrected chi connectivity index (χ4v) is 2.92. The Hall–Kier alpha value is -1.63. The smallest absolute Gasteiger partial charge is 0.232 e. The summed E-state index contributed by atoms with van der Waals surface area (Å²) in [4.78, 5) is 8.95. The molecular formula is C19H35N5O2. The van der Waals surface area contributed by atoms with Crippen molar-refractivity contribution in [2.75, 3.05) is 19.7 Å². The van der Waals surface area contributed by atoms with Crippen molar-refractivity contribution in [3.63, 3.8) is 0 Å². The van der Waals surface area contributed by atoms with E-state index in [4.69, 9.17) is 9.26 Å². The van der Waals surface area contributed by atoms with E-state index in [-0.39, 0.29) is 5.41 Å². The molecule has 0 radical (unpaired) electrons. The first-order valence-electron chi connectivity index (χ1n) is 9.96. The number of aromatic nitrogens is 2. The Labute approximate surface area is 157 Å². The van der Waals surface area contributed by atoms with E-state index in [0.717, 1.165) is 19.0 Å². The van der Waals surface area contributed by atoms with Gasteiger partial charge in [-0.05, 0) is 19.8 Å². The molecule has 0 bridgehead atoms.